The third-order valence-electron chi connectivity index (χ3n) is 5.40. The molecule has 1 aliphatic rings. The number of para-hydroxylation sites is 1. The zero-order chi connectivity index (χ0) is 24.8. The van der Waals surface area contributed by atoms with Crippen molar-refractivity contribution in [3.63, 3.8) is 0 Å². The first-order valence-corrected chi connectivity index (χ1v) is 13.7. The monoisotopic (exact) mass is 618 g/mol. The molecule has 0 unspecified atom stereocenters. The summed E-state index contributed by atoms with van der Waals surface area (Å²) in [5.41, 5.74) is 3.35. The number of hydrogen-bond acceptors (Lipinski definition) is 6. The van der Waals surface area contributed by atoms with Gasteiger partial charge in [-0.3, -0.25) is 4.79 Å². The number of hydrogen-bond donors (Lipinski definition) is 1. The van der Waals surface area contributed by atoms with Crippen molar-refractivity contribution in [2.75, 3.05) is 18.5 Å². The van der Waals surface area contributed by atoms with E-state index in [4.69, 9.17) is 14.5 Å². The SMILES string of the molecule is CCOC(=O)COc1c(Br)cc(C=Nc2sc3c(c2C(=O)Nc2ccccc2)CCCC3)cc1Br. The number of rotatable bonds is 8. The normalized spacial score (nSPS) is 12.9. The van der Waals surface area contributed by atoms with Crippen LogP contribution in [0.1, 0.15) is 46.1 Å². The molecule has 0 aliphatic heterocycles. The smallest absolute Gasteiger partial charge is 0.344 e. The summed E-state index contributed by atoms with van der Waals surface area (Å²) in [5.74, 6) is -0.0579. The summed E-state index contributed by atoms with van der Waals surface area (Å²) in [7, 11) is 0. The molecule has 35 heavy (non-hydrogen) atoms. The number of halogens is 2. The number of esters is 1. The standard InChI is InChI=1S/C26H24Br2N2O4S/c1-2-33-22(31)15-34-24-19(27)12-16(13-20(24)28)14-29-26-23(18-10-6-7-11-21(18)35-26)25(32)30-17-8-4-3-5-9-17/h3-5,8-9,12-14H,2,6-7,10-11,15H2,1H3,(H,30,32). The van der Waals surface area contributed by atoms with Crippen molar-refractivity contribution >= 4 is 72.0 Å². The number of nitrogens with one attached hydrogen (secondary N) is 1. The first-order chi connectivity index (χ1) is 17.0. The molecule has 4 rings (SSSR count). The number of nitrogens with zero attached hydrogens (tertiary/aromatic N) is 1. The maximum Gasteiger partial charge on any atom is 0.344 e. The quantitative estimate of drug-likeness (QED) is 0.216. The maximum atomic E-state index is 13.3. The van der Waals surface area contributed by atoms with E-state index < -0.39 is 5.97 Å². The minimum absolute atomic E-state index is 0.132. The van der Waals surface area contributed by atoms with Gasteiger partial charge in [0.05, 0.1) is 21.1 Å². The molecule has 0 saturated heterocycles. The third kappa shape index (κ3) is 6.39. The molecule has 1 heterocycles. The Morgan fingerprint density at radius 2 is 1.83 bits per heavy atom. The Labute approximate surface area is 225 Å². The maximum absolute atomic E-state index is 13.3. The van der Waals surface area contributed by atoms with Crippen LogP contribution in [-0.2, 0) is 22.4 Å². The Morgan fingerprint density at radius 1 is 1.11 bits per heavy atom. The summed E-state index contributed by atoms with van der Waals surface area (Å²) in [4.78, 5) is 30.9. The Bertz CT molecular complexity index is 1230. The Morgan fingerprint density at radius 3 is 2.54 bits per heavy atom. The Hall–Kier alpha value is -2.49. The Kier molecular flexibility index (Phi) is 8.75. The number of fused-ring (bicyclic) bond motifs is 1. The van der Waals surface area contributed by atoms with Crippen LogP contribution in [0.2, 0.25) is 0 Å². The van der Waals surface area contributed by atoms with Crippen molar-refractivity contribution in [2.45, 2.75) is 32.6 Å². The van der Waals surface area contributed by atoms with Crippen LogP contribution in [0.3, 0.4) is 0 Å². The summed E-state index contributed by atoms with van der Waals surface area (Å²) >= 11 is 8.60. The largest absolute Gasteiger partial charge is 0.480 e. The van der Waals surface area contributed by atoms with E-state index in [-0.39, 0.29) is 12.5 Å². The van der Waals surface area contributed by atoms with Crippen molar-refractivity contribution in [1.82, 2.24) is 0 Å². The van der Waals surface area contributed by atoms with Gasteiger partial charge >= 0.3 is 5.97 Å². The summed E-state index contributed by atoms with van der Waals surface area (Å²) < 4.78 is 11.9. The molecular weight excluding hydrogens is 596 g/mol. The second-order valence-electron chi connectivity index (χ2n) is 7.88. The zero-order valence-electron chi connectivity index (χ0n) is 19.1. The van der Waals surface area contributed by atoms with Crippen LogP contribution in [0.25, 0.3) is 0 Å². The number of thiophene rings is 1. The predicted molar refractivity (Wildman–Crippen MR) is 147 cm³/mol. The molecule has 0 spiro atoms. The molecule has 1 aromatic heterocycles. The highest BCUT2D eigenvalue weighted by Crippen LogP contribution is 2.40. The van der Waals surface area contributed by atoms with E-state index in [1.807, 2.05) is 42.5 Å². The summed E-state index contributed by atoms with van der Waals surface area (Å²) in [6.07, 6.45) is 5.81. The first kappa shape index (κ1) is 25.6. The number of carbonyl (C=O) groups is 2. The van der Waals surface area contributed by atoms with Gasteiger partial charge in [0, 0.05) is 16.8 Å². The molecule has 3 aromatic rings. The first-order valence-electron chi connectivity index (χ1n) is 11.3. The van der Waals surface area contributed by atoms with E-state index in [9.17, 15) is 9.59 Å². The molecule has 0 bridgehead atoms. The van der Waals surface area contributed by atoms with Crippen LogP contribution in [0.15, 0.2) is 56.4 Å². The molecule has 0 radical (unpaired) electrons. The third-order valence-corrected chi connectivity index (χ3v) is 7.78. The van der Waals surface area contributed by atoms with Crippen molar-refractivity contribution < 1.29 is 19.1 Å². The van der Waals surface area contributed by atoms with Crippen molar-refractivity contribution in [3.8, 4) is 5.75 Å². The molecule has 6 nitrogen and oxygen atoms in total. The summed E-state index contributed by atoms with van der Waals surface area (Å²) in [6, 6.07) is 13.2. The van der Waals surface area contributed by atoms with Gasteiger partial charge < -0.3 is 14.8 Å². The number of aryl methyl sites for hydroxylation is 1. The minimum atomic E-state index is -0.431. The highest BCUT2D eigenvalue weighted by Gasteiger charge is 2.25. The van der Waals surface area contributed by atoms with E-state index in [2.05, 4.69) is 37.2 Å². The van der Waals surface area contributed by atoms with Gasteiger partial charge in [-0.2, -0.15) is 0 Å². The van der Waals surface area contributed by atoms with Crippen molar-refractivity contribution in [2.24, 2.45) is 4.99 Å². The number of aliphatic imine (C=N–C) groups is 1. The molecule has 1 N–H and O–H groups in total. The van der Waals surface area contributed by atoms with Gasteiger partial charge in [-0.05, 0) is 99.9 Å². The van der Waals surface area contributed by atoms with Gasteiger partial charge in [0.2, 0.25) is 0 Å². The lowest BCUT2D eigenvalue weighted by Gasteiger charge is -2.12. The Balaban J connectivity index is 1.58. The number of carbonyl (C=O) groups excluding carboxylic acids is 2. The van der Waals surface area contributed by atoms with Gasteiger partial charge in [0.15, 0.2) is 6.61 Å². The fraction of sp³-hybridized carbons (Fsp3) is 0.269. The molecule has 9 heteroatoms. The van der Waals surface area contributed by atoms with E-state index in [1.54, 1.807) is 24.5 Å². The van der Waals surface area contributed by atoms with Gasteiger partial charge in [-0.1, -0.05) is 18.2 Å². The predicted octanol–water partition coefficient (Wildman–Crippen LogP) is 7.10. The summed E-state index contributed by atoms with van der Waals surface area (Å²) in [5, 5.41) is 3.72. The second kappa shape index (κ2) is 12.0. The fourth-order valence-corrected chi connectivity index (χ4v) is 6.53. The molecule has 1 amide bonds. The topological polar surface area (TPSA) is 77.0 Å². The van der Waals surface area contributed by atoms with Crippen LogP contribution in [0, 0.1) is 0 Å². The van der Waals surface area contributed by atoms with Crippen LogP contribution >= 0.6 is 43.2 Å². The van der Waals surface area contributed by atoms with Crippen molar-refractivity contribution in [1.29, 1.82) is 0 Å². The fourth-order valence-electron chi connectivity index (χ4n) is 3.85. The van der Waals surface area contributed by atoms with Crippen LogP contribution < -0.4 is 10.1 Å². The molecule has 0 fully saturated rings. The average molecular weight is 620 g/mol. The summed E-state index contributed by atoms with van der Waals surface area (Å²) in [6.45, 7) is 1.87. The minimum Gasteiger partial charge on any atom is -0.480 e. The highest BCUT2D eigenvalue weighted by molar-refractivity contribution is 9.11. The molecule has 1 aliphatic carbocycles. The number of anilines is 1. The van der Waals surface area contributed by atoms with E-state index in [0.29, 0.717) is 31.9 Å². The van der Waals surface area contributed by atoms with E-state index in [1.165, 1.54) is 4.88 Å². The number of ether oxygens (including phenoxy) is 2. The highest BCUT2D eigenvalue weighted by atomic mass is 79.9. The lowest BCUT2D eigenvalue weighted by molar-refractivity contribution is -0.145. The van der Waals surface area contributed by atoms with Crippen LogP contribution in [-0.4, -0.2) is 31.3 Å². The van der Waals surface area contributed by atoms with Crippen LogP contribution in [0.5, 0.6) is 5.75 Å². The van der Waals surface area contributed by atoms with Crippen LogP contribution in [0.4, 0.5) is 10.7 Å². The lowest BCUT2D eigenvalue weighted by atomic mass is 9.95. The van der Waals surface area contributed by atoms with Gasteiger partial charge in [0.1, 0.15) is 10.8 Å². The van der Waals surface area contributed by atoms with Crippen molar-refractivity contribution in [3.05, 3.63) is 73.0 Å². The molecular formula is C26H24Br2N2O4S. The van der Waals surface area contributed by atoms with Gasteiger partial charge in [0.25, 0.3) is 5.91 Å². The number of amides is 1. The average Bonchev–Trinajstić information content (AvgIpc) is 3.21. The zero-order valence-corrected chi connectivity index (χ0v) is 23.1. The molecule has 182 valence electrons. The van der Waals surface area contributed by atoms with E-state index in [0.717, 1.165) is 42.5 Å². The number of benzene rings is 2. The molecule has 0 atom stereocenters. The second-order valence-corrected chi connectivity index (χ2v) is 10.7. The van der Waals surface area contributed by atoms with Gasteiger partial charge in [-0.25, -0.2) is 9.79 Å². The van der Waals surface area contributed by atoms with Gasteiger partial charge in [-0.15, -0.1) is 11.3 Å². The lowest BCUT2D eigenvalue weighted by Crippen LogP contribution is -2.15. The molecule has 2 aromatic carbocycles. The molecule has 0 saturated carbocycles. The van der Waals surface area contributed by atoms with E-state index >= 15 is 0 Å².